The summed E-state index contributed by atoms with van der Waals surface area (Å²) in [4.78, 5) is 29.9. The van der Waals surface area contributed by atoms with Crippen molar-refractivity contribution in [3.63, 3.8) is 0 Å². The number of ketones is 1. The van der Waals surface area contributed by atoms with E-state index in [1.807, 2.05) is 13.8 Å². The van der Waals surface area contributed by atoms with E-state index in [9.17, 15) is 18.0 Å². The lowest BCUT2D eigenvalue weighted by Gasteiger charge is -2.26. The van der Waals surface area contributed by atoms with E-state index >= 15 is 0 Å². The summed E-state index contributed by atoms with van der Waals surface area (Å²) in [6.45, 7) is 7.34. The number of nitrogens with zero attached hydrogens (tertiary/aromatic N) is 1. The molecule has 1 N–H and O–H groups in total. The van der Waals surface area contributed by atoms with Gasteiger partial charge in [0, 0.05) is 6.42 Å². The van der Waals surface area contributed by atoms with Gasteiger partial charge in [-0.2, -0.15) is 0 Å². The molecule has 1 aromatic heterocycles. The van der Waals surface area contributed by atoms with Gasteiger partial charge in [0.1, 0.15) is 0 Å². The van der Waals surface area contributed by atoms with E-state index in [4.69, 9.17) is 0 Å². The maximum Gasteiger partial charge on any atom is 0.230 e. The molecule has 28 heavy (non-hydrogen) atoms. The molecule has 6 nitrogen and oxygen atoms in total. The molecule has 0 fully saturated rings. The van der Waals surface area contributed by atoms with Crippen LogP contribution in [-0.4, -0.2) is 30.3 Å². The Hall–Kier alpha value is -2.06. The first-order chi connectivity index (χ1) is 13.0. The molecule has 0 saturated carbocycles. The first-order valence-corrected chi connectivity index (χ1v) is 11.5. The Labute approximate surface area is 169 Å². The van der Waals surface area contributed by atoms with Crippen LogP contribution in [0.1, 0.15) is 55.0 Å². The number of benzene rings is 1. The van der Waals surface area contributed by atoms with Crippen molar-refractivity contribution in [1.29, 1.82) is 0 Å². The third-order valence-corrected chi connectivity index (χ3v) is 7.94. The number of fused-ring (bicyclic) bond motifs is 1. The van der Waals surface area contributed by atoms with Gasteiger partial charge in [-0.1, -0.05) is 37.3 Å². The highest BCUT2D eigenvalue weighted by Crippen LogP contribution is 2.38. The van der Waals surface area contributed by atoms with Crippen molar-refractivity contribution >= 4 is 38.0 Å². The largest absolute Gasteiger partial charge is 0.302 e. The fourth-order valence-corrected chi connectivity index (χ4v) is 5.19. The third kappa shape index (κ3) is 4.33. The fourth-order valence-electron chi connectivity index (χ4n) is 3.19. The second kappa shape index (κ2) is 7.40. The number of nitrogens with one attached hydrogen (secondary N) is 1. The van der Waals surface area contributed by atoms with Gasteiger partial charge in [-0.25, -0.2) is 13.4 Å². The molecular formula is C20H24N2O4S2. The number of anilines is 1. The van der Waals surface area contributed by atoms with E-state index in [0.29, 0.717) is 28.4 Å². The fraction of sp³-hybridized carbons (Fsp3) is 0.450. The molecule has 1 aliphatic carbocycles. The van der Waals surface area contributed by atoms with Gasteiger partial charge in [0.2, 0.25) is 5.91 Å². The second-order valence-corrected chi connectivity index (χ2v) is 11.7. The summed E-state index contributed by atoms with van der Waals surface area (Å²) >= 11 is 1.22. The minimum Gasteiger partial charge on any atom is -0.302 e. The Kier molecular flexibility index (Phi) is 5.46. The molecule has 3 rings (SSSR count). The molecule has 150 valence electrons. The molecule has 0 spiro atoms. The monoisotopic (exact) mass is 420 g/mol. The topological polar surface area (TPSA) is 93.2 Å². The zero-order valence-corrected chi connectivity index (χ0v) is 18.0. The van der Waals surface area contributed by atoms with Crippen molar-refractivity contribution in [3.8, 4) is 0 Å². The molecule has 0 atom stereocenters. The summed E-state index contributed by atoms with van der Waals surface area (Å²) in [5, 5.41) is 2.69. The zero-order valence-electron chi connectivity index (χ0n) is 16.4. The van der Waals surface area contributed by atoms with Crippen molar-refractivity contribution in [2.24, 2.45) is 5.41 Å². The summed E-state index contributed by atoms with van der Waals surface area (Å²) < 4.78 is 24.3. The first kappa shape index (κ1) is 20.7. The maximum atomic E-state index is 12.3. The van der Waals surface area contributed by atoms with E-state index in [1.165, 1.54) is 23.5 Å². The van der Waals surface area contributed by atoms with Gasteiger partial charge in [-0.05, 0) is 43.4 Å². The van der Waals surface area contributed by atoms with Crippen molar-refractivity contribution in [2.45, 2.75) is 57.1 Å². The Morgan fingerprint density at radius 1 is 1.21 bits per heavy atom. The summed E-state index contributed by atoms with van der Waals surface area (Å²) in [6, 6.07) is 6.35. The van der Waals surface area contributed by atoms with E-state index in [0.717, 1.165) is 5.69 Å². The highest BCUT2D eigenvalue weighted by Gasteiger charge is 2.34. The molecule has 1 aromatic carbocycles. The van der Waals surface area contributed by atoms with E-state index in [1.54, 1.807) is 26.0 Å². The number of aromatic nitrogens is 1. The van der Waals surface area contributed by atoms with Crippen LogP contribution < -0.4 is 5.32 Å². The average Bonchev–Trinajstić information content (AvgIpc) is 2.96. The standard InChI is InChI=1S/C20H24N2O4S2/c1-12(2)28(25,26)14-7-5-13(6-8-14)9-17(24)22-19-21-15-10-20(3,4)11-16(23)18(15)27-19/h5-8,12H,9-11H2,1-4H3,(H,21,22,24). The summed E-state index contributed by atoms with van der Waals surface area (Å²) in [5.41, 5.74) is 1.35. The number of hydrogen-bond acceptors (Lipinski definition) is 6. The maximum absolute atomic E-state index is 12.3. The van der Waals surface area contributed by atoms with Crippen molar-refractivity contribution in [3.05, 3.63) is 40.4 Å². The normalized spacial score (nSPS) is 16.1. The van der Waals surface area contributed by atoms with Crippen molar-refractivity contribution in [2.75, 3.05) is 5.32 Å². The van der Waals surface area contributed by atoms with Crippen LogP contribution in [-0.2, 0) is 27.5 Å². The van der Waals surface area contributed by atoms with Crippen LogP contribution in [0.2, 0.25) is 0 Å². The molecule has 2 aromatic rings. The summed E-state index contributed by atoms with van der Waals surface area (Å²) in [7, 11) is -3.33. The van der Waals surface area contributed by atoms with Crippen LogP contribution in [0.5, 0.6) is 0 Å². The Balaban J connectivity index is 1.68. The molecule has 8 heteroatoms. The molecular weight excluding hydrogens is 396 g/mol. The molecule has 1 aliphatic rings. The van der Waals surface area contributed by atoms with Gasteiger partial charge < -0.3 is 5.32 Å². The molecule has 0 saturated heterocycles. The van der Waals surface area contributed by atoms with Crippen LogP contribution >= 0.6 is 11.3 Å². The molecule has 0 unspecified atom stereocenters. The minimum absolute atomic E-state index is 0.0752. The zero-order chi connectivity index (χ0) is 20.7. The minimum atomic E-state index is -3.33. The lowest BCUT2D eigenvalue weighted by Crippen LogP contribution is -2.26. The van der Waals surface area contributed by atoms with E-state index < -0.39 is 15.1 Å². The Morgan fingerprint density at radius 2 is 1.86 bits per heavy atom. The predicted octanol–water partition coefficient (Wildman–Crippen LogP) is 3.66. The lowest BCUT2D eigenvalue weighted by molar-refractivity contribution is -0.115. The van der Waals surface area contributed by atoms with Crippen LogP contribution in [0.3, 0.4) is 0 Å². The number of carbonyl (C=O) groups excluding carboxylic acids is 2. The third-order valence-electron chi connectivity index (χ3n) is 4.72. The number of sulfone groups is 1. The first-order valence-electron chi connectivity index (χ1n) is 9.13. The van der Waals surface area contributed by atoms with Crippen molar-refractivity contribution < 1.29 is 18.0 Å². The van der Waals surface area contributed by atoms with Gasteiger partial charge in [-0.3, -0.25) is 9.59 Å². The summed E-state index contributed by atoms with van der Waals surface area (Å²) in [6.07, 6.45) is 1.30. The predicted molar refractivity (Wildman–Crippen MR) is 110 cm³/mol. The number of thiazole rings is 1. The van der Waals surface area contributed by atoms with Gasteiger partial charge in [0.15, 0.2) is 20.8 Å². The van der Waals surface area contributed by atoms with Crippen LogP contribution in [0.15, 0.2) is 29.2 Å². The molecule has 1 amide bonds. The van der Waals surface area contributed by atoms with Crippen LogP contribution in [0, 0.1) is 5.41 Å². The summed E-state index contributed by atoms with van der Waals surface area (Å²) in [5.74, 6) is -0.177. The smallest absolute Gasteiger partial charge is 0.230 e. The highest BCUT2D eigenvalue weighted by molar-refractivity contribution is 7.92. The number of amides is 1. The number of Topliss-reactive ketones (excluding diaryl/α,β-unsaturated/α-hetero) is 1. The quantitative estimate of drug-likeness (QED) is 0.797. The van der Waals surface area contributed by atoms with Crippen LogP contribution in [0.4, 0.5) is 5.13 Å². The number of rotatable bonds is 5. The molecule has 0 radical (unpaired) electrons. The lowest BCUT2D eigenvalue weighted by atomic mass is 9.78. The van der Waals surface area contributed by atoms with Gasteiger partial charge in [0.05, 0.1) is 27.1 Å². The number of hydrogen-bond donors (Lipinski definition) is 1. The van der Waals surface area contributed by atoms with E-state index in [2.05, 4.69) is 10.3 Å². The van der Waals surface area contributed by atoms with E-state index in [-0.39, 0.29) is 28.4 Å². The SMILES string of the molecule is CC(C)S(=O)(=O)c1ccc(CC(=O)Nc2nc3c(s2)C(=O)CC(C)(C)C3)cc1. The Bertz CT molecular complexity index is 1020. The number of carbonyl (C=O) groups is 2. The van der Waals surface area contributed by atoms with Gasteiger partial charge >= 0.3 is 0 Å². The average molecular weight is 421 g/mol. The Morgan fingerprint density at radius 3 is 2.46 bits per heavy atom. The van der Waals surface area contributed by atoms with Gasteiger partial charge in [-0.15, -0.1) is 0 Å². The highest BCUT2D eigenvalue weighted by atomic mass is 32.2. The molecule has 1 heterocycles. The molecule has 0 bridgehead atoms. The van der Waals surface area contributed by atoms with Crippen molar-refractivity contribution in [1.82, 2.24) is 4.98 Å². The van der Waals surface area contributed by atoms with Crippen LogP contribution in [0.25, 0.3) is 0 Å². The molecule has 0 aliphatic heterocycles. The van der Waals surface area contributed by atoms with Gasteiger partial charge in [0.25, 0.3) is 0 Å². The second-order valence-electron chi connectivity index (χ2n) is 8.20.